The summed E-state index contributed by atoms with van der Waals surface area (Å²) in [5.41, 5.74) is 0.487. The minimum atomic E-state index is -3.51. The summed E-state index contributed by atoms with van der Waals surface area (Å²) >= 11 is 0.174. The Kier molecular flexibility index (Phi) is 6.37. The van der Waals surface area contributed by atoms with E-state index >= 15 is 0 Å². The number of nitrogens with one attached hydrogen (secondary N) is 2. The molecule has 0 atom stereocenters. The van der Waals surface area contributed by atoms with Gasteiger partial charge in [0.1, 0.15) is 10.8 Å². The summed E-state index contributed by atoms with van der Waals surface area (Å²) in [5, 5.41) is 2.45. The molecule has 0 saturated carbocycles. The van der Waals surface area contributed by atoms with E-state index in [2.05, 4.69) is 15.0 Å². The first-order valence-electron chi connectivity index (χ1n) is 7.06. The Morgan fingerprint density at radius 2 is 2.04 bits per heavy atom. The number of thioether (sulfide) groups is 1. The Hall–Kier alpha value is -2.40. The van der Waals surface area contributed by atoms with Crippen LogP contribution in [0, 0.1) is 0 Å². The van der Waals surface area contributed by atoms with Crippen LogP contribution in [-0.2, 0) is 10.0 Å². The van der Waals surface area contributed by atoms with Gasteiger partial charge < -0.3 is 10.1 Å². The second kappa shape index (κ2) is 8.32. The lowest BCUT2D eigenvalue weighted by Gasteiger charge is -2.13. The number of pyridine rings is 1. The lowest BCUT2D eigenvalue weighted by atomic mass is 10.2. The highest BCUT2D eigenvalue weighted by molar-refractivity contribution is 7.99. The highest BCUT2D eigenvalue weighted by atomic mass is 32.2. The molecule has 2 rings (SSSR count). The number of carbonyl (C=O) groups excluding carboxylic acids is 1. The summed E-state index contributed by atoms with van der Waals surface area (Å²) in [5.74, 6) is -3.16. The number of aromatic nitrogens is 1. The molecular formula is C15H15F2N3O4S2. The van der Waals surface area contributed by atoms with Crippen LogP contribution in [0.4, 0.5) is 20.2 Å². The van der Waals surface area contributed by atoms with E-state index in [0.717, 1.165) is 6.26 Å². The maximum absolute atomic E-state index is 12.6. The summed E-state index contributed by atoms with van der Waals surface area (Å²) in [6.45, 7) is 0. The van der Waals surface area contributed by atoms with E-state index in [1.807, 2.05) is 0 Å². The van der Waals surface area contributed by atoms with Crippen molar-refractivity contribution < 1.29 is 26.7 Å². The number of alkyl halides is 2. The smallest absolute Gasteiger partial charge is 0.290 e. The minimum Gasteiger partial charge on any atom is -0.494 e. The maximum Gasteiger partial charge on any atom is 0.290 e. The second-order valence-electron chi connectivity index (χ2n) is 4.98. The van der Waals surface area contributed by atoms with Gasteiger partial charge in [-0.15, -0.1) is 0 Å². The standard InChI is InChI=1S/C15H15F2N3O4S2/c1-24-12-8-9(5-6-11(12)20-26(2,22)23)19-13(21)10-4-3-7-18-14(10)25-15(16)17/h3-8,15,20H,1-2H3,(H,19,21). The van der Waals surface area contributed by atoms with Gasteiger partial charge in [0.25, 0.3) is 11.7 Å². The average Bonchev–Trinajstić information content (AvgIpc) is 2.54. The number of sulfonamides is 1. The highest BCUT2D eigenvalue weighted by Crippen LogP contribution is 2.30. The first kappa shape index (κ1) is 19.9. The van der Waals surface area contributed by atoms with Crippen LogP contribution in [0.15, 0.2) is 41.6 Å². The van der Waals surface area contributed by atoms with Gasteiger partial charge in [0, 0.05) is 18.0 Å². The highest BCUT2D eigenvalue weighted by Gasteiger charge is 2.17. The summed E-state index contributed by atoms with van der Waals surface area (Å²) in [6.07, 6.45) is 2.31. The number of amides is 1. The van der Waals surface area contributed by atoms with Crippen molar-refractivity contribution in [1.29, 1.82) is 0 Å². The molecule has 1 heterocycles. The third kappa shape index (κ3) is 5.56. The summed E-state index contributed by atoms with van der Waals surface area (Å²) in [6, 6.07) is 7.10. The number of hydrogen-bond donors (Lipinski definition) is 2. The van der Waals surface area contributed by atoms with E-state index in [4.69, 9.17) is 4.74 Å². The predicted molar refractivity (Wildman–Crippen MR) is 95.5 cm³/mol. The molecule has 0 spiro atoms. The zero-order chi connectivity index (χ0) is 19.3. The topological polar surface area (TPSA) is 97.4 Å². The number of methoxy groups -OCH3 is 1. The van der Waals surface area contributed by atoms with Crippen molar-refractivity contribution >= 4 is 39.1 Å². The van der Waals surface area contributed by atoms with Gasteiger partial charge in [0.15, 0.2) is 0 Å². The molecule has 0 fully saturated rings. The number of halogens is 2. The van der Waals surface area contributed by atoms with Crippen LogP contribution < -0.4 is 14.8 Å². The van der Waals surface area contributed by atoms with Crippen LogP contribution in [0.3, 0.4) is 0 Å². The fraction of sp³-hybridized carbons (Fsp3) is 0.200. The molecule has 1 aromatic carbocycles. The number of carbonyl (C=O) groups is 1. The van der Waals surface area contributed by atoms with Gasteiger partial charge in [-0.05, 0) is 36.0 Å². The van der Waals surface area contributed by atoms with Crippen molar-refractivity contribution in [2.45, 2.75) is 10.8 Å². The molecule has 0 bridgehead atoms. The molecule has 1 amide bonds. The van der Waals surface area contributed by atoms with E-state index < -0.39 is 21.7 Å². The molecule has 0 aliphatic heterocycles. The van der Waals surface area contributed by atoms with Crippen molar-refractivity contribution in [3.8, 4) is 5.75 Å². The van der Waals surface area contributed by atoms with Crippen molar-refractivity contribution in [3.05, 3.63) is 42.1 Å². The normalized spacial score (nSPS) is 11.3. The third-order valence-corrected chi connectivity index (χ3v) is 4.29. The fourth-order valence-electron chi connectivity index (χ4n) is 1.99. The van der Waals surface area contributed by atoms with Gasteiger partial charge in [0.2, 0.25) is 10.0 Å². The molecule has 0 radical (unpaired) electrons. The Morgan fingerprint density at radius 3 is 2.65 bits per heavy atom. The lowest BCUT2D eigenvalue weighted by molar-refractivity contribution is 0.102. The first-order chi connectivity index (χ1) is 12.2. The fourth-order valence-corrected chi connectivity index (χ4v) is 3.14. The molecule has 7 nitrogen and oxygen atoms in total. The Morgan fingerprint density at radius 1 is 1.31 bits per heavy atom. The van der Waals surface area contributed by atoms with Crippen LogP contribution in [0.2, 0.25) is 0 Å². The van der Waals surface area contributed by atoms with E-state index in [9.17, 15) is 22.0 Å². The molecule has 0 aliphatic rings. The zero-order valence-electron chi connectivity index (χ0n) is 13.7. The van der Waals surface area contributed by atoms with Crippen LogP contribution >= 0.6 is 11.8 Å². The minimum absolute atomic E-state index is 0.00453. The molecule has 26 heavy (non-hydrogen) atoms. The second-order valence-corrected chi connectivity index (χ2v) is 7.71. The maximum atomic E-state index is 12.6. The number of ether oxygens (including phenoxy) is 1. The van der Waals surface area contributed by atoms with Gasteiger partial charge in [0.05, 0.1) is 24.6 Å². The quantitative estimate of drug-likeness (QED) is 0.690. The van der Waals surface area contributed by atoms with Gasteiger partial charge >= 0.3 is 0 Å². The van der Waals surface area contributed by atoms with Crippen molar-refractivity contribution in [1.82, 2.24) is 4.98 Å². The van der Waals surface area contributed by atoms with Gasteiger partial charge in [-0.1, -0.05) is 0 Å². The third-order valence-electron chi connectivity index (χ3n) is 2.97. The molecule has 1 aromatic heterocycles. The predicted octanol–water partition coefficient (Wildman–Crippen LogP) is 3.03. The van der Waals surface area contributed by atoms with Crippen molar-refractivity contribution in [2.24, 2.45) is 0 Å². The monoisotopic (exact) mass is 403 g/mol. The first-order valence-corrected chi connectivity index (χ1v) is 9.83. The van der Waals surface area contributed by atoms with Crippen LogP contribution in [0.5, 0.6) is 5.75 Å². The zero-order valence-corrected chi connectivity index (χ0v) is 15.3. The van der Waals surface area contributed by atoms with Crippen LogP contribution in [0.25, 0.3) is 0 Å². The summed E-state index contributed by atoms with van der Waals surface area (Å²) in [7, 11) is -2.17. The van der Waals surface area contributed by atoms with Crippen molar-refractivity contribution in [2.75, 3.05) is 23.4 Å². The van der Waals surface area contributed by atoms with E-state index in [0.29, 0.717) is 5.69 Å². The molecule has 2 aromatic rings. The van der Waals surface area contributed by atoms with Gasteiger partial charge in [-0.3, -0.25) is 9.52 Å². The van der Waals surface area contributed by atoms with Gasteiger partial charge in [-0.25, -0.2) is 13.4 Å². The Labute approximate surface area is 153 Å². The van der Waals surface area contributed by atoms with Gasteiger partial charge in [-0.2, -0.15) is 8.78 Å². The van der Waals surface area contributed by atoms with Crippen LogP contribution in [0.1, 0.15) is 10.4 Å². The molecule has 2 N–H and O–H groups in total. The van der Waals surface area contributed by atoms with E-state index in [1.165, 1.54) is 43.6 Å². The number of rotatable bonds is 7. The number of anilines is 2. The Bertz CT molecular complexity index is 908. The average molecular weight is 403 g/mol. The molecule has 0 unspecified atom stereocenters. The number of nitrogens with zero attached hydrogens (tertiary/aromatic N) is 1. The van der Waals surface area contributed by atoms with E-state index in [-0.39, 0.29) is 33.8 Å². The summed E-state index contributed by atoms with van der Waals surface area (Å²) in [4.78, 5) is 16.2. The molecule has 0 aliphatic carbocycles. The van der Waals surface area contributed by atoms with E-state index in [1.54, 1.807) is 0 Å². The molecular weight excluding hydrogens is 388 g/mol. The molecule has 11 heteroatoms. The molecule has 0 saturated heterocycles. The molecule has 140 valence electrons. The number of hydrogen-bond acceptors (Lipinski definition) is 6. The van der Waals surface area contributed by atoms with Crippen molar-refractivity contribution in [3.63, 3.8) is 0 Å². The SMILES string of the molecule is COc1cc(NC(=O)c2cccnc2SC(F)F)ccc1NS(C)(=O)=O. The van der Waals surface area contributed by atoms with Crippen LogP contribution in [-0.4, -0.2) is 38.4 Å². The largest absolute Gasteiger partial charge is 0.494 e. The number of benzene rings is 1. The summed E-state index contributed by atoms with van der Waals surface area (Å²) < 4.78 is 55.2. The lowest BCUT2D eigenvalue weighted by Crippen LogP contribution is -2.14. The Balaban J connectivity index is 2.25.